The Morgan fingerprint density at radius 1 is 1.08 bits per heavy atom. The minimum absolute atomic E-state index is 0.0526. The number of aliphatic hydroxyl groups is 1. The first-order valence-corrected chi connectivity index (χ1v) is 14.7. The average Bonchev–Trinajstić information content (AvgIpc) is 3.49. The molecule has 3 saturated heterocycles. The van der Waals surface area contributed by atoms with Gasteiger partial charge in [0.05, 0.1) is 23.2 Å². The number of carbonyl (C=O) groups is 3. The van der Waals surface area contributed by atoms with Crippen LogP contribution < -0.4 is 9.80 Å². The van der Waals surface area contributed by atoms with Gasteiger partial charge < -0.3 is 24.7 Å². The highest BCUT2D eigenvalue weighted by Crippen LogP contribution is 2.71. The van der Waals surface area contributed by atoms with Crippen LogP contribution in [0.2, 0.25) is 0 Å². The van der Waals surface area contributed by atoms with Crippen molar-refractivity contribution in [3.05, 3.63) is 49.6 Å². The van der Waals surface area contributed by atoms with Gasteiger partial charge in [-0.1, -0.05) is 12.2 Å². The van der Waals surface area contributed by atoms with Gasteiger partial charge in [-0.3, -0.25) is 14.4 Å². The van der Waals surface area contributed by atoms with E-state index in [2.05, 4.69) is 38.8 Å². The van der Waals surface area contributed by atoms with Crippen LogP contribution in [-0.4, -0.2) is 94.5 Å². The van der Waals surface area contributed by atoms with Crippen LogP contribution in [0.25, 0.3) is 0 Å². The average molecular weight is 555 g/mol. The first-order valence-electron chi connectivity index (χ1n) is 13.9. The monoisotopic (exact) mass is 554 g/mol. The van der Waals surface area contributed by atoms with Crippen molar-refractivity contribution in [2.75, 3.05) is 56.2 Å². The summed E-state index contributed by atoms with van der Waals surface area (Å²) in [5, 5.41) is 9.91. The molecule has 0 saturated carbocycles. The van der Waals surface area contributed by atoms with Crippen LogP contribution in [-0.2, 0) is 14.4 Å². The third-order valence-corrected chi connectivity index (χ3v) is 10.8. The van der Waals surface area contributed by atoms with Gasteiger partial charge in [0, 0.05) is 55.9 Å². The molecule has 4 rings (SSSR count). The van der Waals surface area contributed by atoms with Gasteiger partial charge in [-0.05, 0) is 57.9 Å². The summed E-state index contributed by atoms with van der Waals surface area (Å²) >= 11 is 1.64. The standard InChI is InChI=1S/C30H42N4O4S/c1-7-17-31(6)26(36)23-24-27(37)34(19-20-35)25(30(24)16-15-29(23,5)39-30)28(38)33(18-8-2)22-13-11-21(12-14-22)32(9-3)10-4/h7-8,11-14,23-25,35H,1-2,9-10,15-20H2,3-6H3/t23-,24-,25?,29+,30?/m0/s1. The Morgan fingerprint density at radius 2 is 1.69 bits per heavy atom. The van der Waals surface area contributed by atoms with Crippen molar-refractivity contribution in [3.63, 3.8) is 0 Å². The number of anilines is 2. The Morgan fingerprint density at radius 3 is 2.26 bits per heavy atom. The van der Waals surface area contributed by atoms with E-state index in [-0.39, 0.29) is 37.4 Å². The molecule has 1 N–H and O–H groups in total. The number of likely N-dealkylation sites (tertiary alicyclic amines) is 1. The number of aliphatic hydroxyl groups excluding tert-OH is 1. The zero-order valence-electron chi connectivity index (χ0n) is 23.6. The smallest absolute Gasteiger partial charge is 0.251 e. The summed E-state index contributed by atoms with van der Waals surface area (Å²) in [6.07, 6.45) is 4.78. The lowest BCUT2D eigenvalue weighted by molar-refractivity contribution is -0.144. The molecule has 1 spiro atoms. The van der Waals surface area contributed by atoms with E-state index in [1.54, 1.807) is 45.7 Å². The third kappa shape index (κ3) is 4.67. The van der Waals surface area contributed by atoms with Crippen LogP contribution >= 0.6 is 11.8 Å². The SMILES string of the molecule is C=CCN(C)C(=O)[C@@H]1[C@H]2C(=O)N(CCO)C(C(=O)N(CC=C)c3ccc(N(CC)CC)cc3)C23CC[C@@]1(C)S3. The molecule has 3 aliphatic heterocycles. The van der Waals surface area contributed by atoms with Crippen molar-refractivity contribution in [1.29, 1.82) is 0 Å². The number of β-amino-alcohol motifs (C(OH)–C–C–N with tert-alkyl or cyclic N) is 1. The molecule has 2 unspecified atom stereocenters. The van der Waals surface area contributed by atoms with Gasteiger partial charge in [0.15, 0.2) is 0 Å². The Hall–Kier alpha value is -2.78. The minimum Gasteiger partial charge on any atom is -0.395 e. The first kappa shape index (κ1) is 29.2. The van der Waals surface area contributed by atoms with Gasteiger partial charge in [0.1, 0.15) is 6.04 Å². The Bertz CT molecular complexity index is 1120. The van der Waals surface area contributed by atoms with Gasteiger partial charge >= 0.3 is 0 Å². The van der Waals surface area contributed by atoms with Gasteiger partial charge in [0.25, 0.3) is 5.91 Å². The van der Waals surface area contributed by atoms with Crippen molar-refractivity contribution in [3.8, 4) is 0 Å². The number of rotatable bonds is 12. The second-order valence-electron chi connectivity index (χ2n) is 10.9. The topological polar surface area (TPSA) is 84.4 Å². The summed E-state index contributed by atoms with van der Waals surface area (Å²) in [6.45, 7) is 16.2. The Kier molecular flexibility index (Phi) is 8.52. The van der Waals surface area contributed by atoms with Crippen molar-refractivity contribution < 1.29 is 19.5 Å². The van der Waals surface area contributed by atoms with E-state index >= 15 is 0 Å². The predicted octanol–water partition coefficient (Wildman–Crippen LogP) is 3.17. The molecule has 1 aromatic rings. The van der Waals surface area contributed by atoms with Crippen molar-refractivity contribution in [2.45, 2.75) is 49.1 Å². The highest BCUT2D eigenvalue weighted by atomic mass is 32.2. The van der Waals surface area contributed by atoms with Crippen LogP contribution in [0.3, 0.4) is 0 Å². The zero-order valence-corrected chi connectivity index (χ0v) is 24.5. The number of fused-ring (bicyclic) bond motifs is 1. The van der Waals surface area contributed by atoms with E-state index in [0.29, 0.717) is 13.0 Å². The predicted molar refractivity (Wildman–Crippen MR) is 158 cm³/mol. The van der Waals surface area contributed by atoms with Gasteiger partial charge in [-0.2, -0.15) is 0 Å². The second-order valence-corrected chi connectivity index (χ2v) is 12.8. The number of thioether (sulfide) groups is 1. The van der Waals surface area contributed by atoms with Crippen LogP contribution in [0.15, 0.2) is 49.6 Å². The van der Waals surface area contributed by atoms with Crippen LogP contribution in [0, 0.1) is 11.8 Å². The summed E-state index contributed by atoms with van der Waals surface area (Å²) in [7, 11) is 1.73. The fourth-order valence-electron chi connectivity index (χ4n) is 6.98. The summed E-state index contributed by atoms with van der Waals surface area (Å²) in [6, 6.07) is 7.13. The summed E-state index contributed by atoms with van der Waals surface area (Å²) < 4.78 is -1.17. The largest absolute Gasteiger partial charge is 0.395 e. The molecular weight excluding hydrogens is 512 g/mol. The third-order valence-electron chi connectivity index (χ3n) is 8.76. The van der Waals surface area contributed by atoms with Crippen LogP contribution in [0.4, 0.5) is 11.4 Å². The molecule has 2 bridgehead atoms. The molecule has 3 heterocycles. The van der Waals surface area contributed by atoms with E-state index in [9.17, 15) is 19.5 Å². The lowest BCUT2D eigenvalue weighted by Gasteiger charge is -2.37. The Labute approximate surface area is 236 Å². The molecule has 5 atom stereocenters. The van der Waals surface area contributed by atoms with E-state index in [1.165, 1.54) is 0 Å². The molecule has 0 aromatic heterocycles. The molecule has 3 amide bonds. The molecule has 9 heteroatoms. The normalized spacial score (nSPS) is 28.8. The van der Waals surface area contributed by atoms with Crippen LogP contribution in [0.5, 0.6) is 0 Å². The zero-order chi connectivity index (χ0) is 28.5. The number of benzene rings is 1. The molecule has 212 valence electrons. The summed E-state index contributed by atoms with van der Waals surface area (Å²) in [5.41, 5.74) is 1.81. The van der Waals surface area contributed by atoms with E-state index in [0.717, 1.165) is 30.9 Å². The van der Waals surface area contributed by atoms with Crippen molar-refractivity contribution in [2.24, 2.45) is 11.8 Å². The quantitative estimate of drug-likeness (QED) is 0.400. The molecule has 3 fully saturated rings. The fraction of sp³-hybridized carbons (Fsp3) is 0.567. The van der Waals surface area contributed by atoms with E-state index in [1.807, 2.05) is 24.3 Å². The molecule has 0 aliphatic carbocycles. The highest BCUT2D eigenvalue weighted by Gasteiger charge is 2.77. The second kappa shape index (κ2) is 11.4. The molecule has 8 nitrogen and oxygen atoms in total. The summed E-state index contributed by atoms with van der Waals surface area (Å²) in [5.74, 6) is -1.64. The van der Waals surface area contributed by atoms with Crippen molar-refractivity contribution >= 4 is 40.9 Å². The summed E-state index contributed by atoms with van der Waals surface area (Å²) in [4.78, 5) is 49.3. The Balaban J connectivity index is 1.74. The van der Waals surface area contributed by atoms with Gasteiger partial charge in [0.2, 0.25) is 11.8 Å². The van der Waals surface area contributed by atoms with Gasteiger partial charge in [-0.15, -0.1) is 24.9 Å². The van der Waals surface area contributed by atoms with Crippen LogP contribution in [0.1, 0.15) is 33.6 Å². The number of likely N-dealkylation sites (N-methyl/N-ethyl adjacent to an activating group) is 1. The van der Waals surface area contributed by atoms with Crippen molar-refractivity contribution in [1.82, 2.24) is 9.80 Å². The molecule has 0 radical (unpaired) electrons. The van der Waals surface area contributed by atoms with E-state index in [4.69, 9.17) is 0 Å². The molecule has 3 aliphatic rings. The lowest BCUT2D eigenvalue weighted by Crippen LogP contribution is -2.55. The molecule has 1 aromatic carbocycles. The maximum Gasteiger partial charge on any atom is 0.251 e. The maximum absolute atomic E-state index is 14.5. The molecule has 39 heavy (non-hydrogen) atoms. The fourth-order valence-corrected chi connectivity index (χ4v) is 9.33. The van der Waals surface area contributed by atoms with Gasteiger partial charge in [-0.25, -0.2) is 0 Å². The lowest BCUT2D eigenvalue weighted by atomic mass is 9.66. The molecular formula is C30H42N4O4S. The number of carbonyl (C=O) groups excluding carboxylic acids is 3. The maximum atomic E-state index is 14.5. The first-order chi connectivity index (χ1) is 18.6. The highest BCUT2D eigenvalue weighted by molar-refractivity contribution is 8.02. The number of hydrogen-bond donors (Lipinski definition) is 1. The van der Waals surface area contributed by atoms with E-state index < -0.39 is 27.4 Å². The number of amides is 3. The number of nitrogens with zero attached hydrogens (tertiary/aromatic N) is 4. The number of hydrogen-bond acceptors (Lipinski definition) is 6. The minimum atomic E-state index is -0.779.